The largest absolute Gasteiger partial charge is 0.487 e. The summed E-state index contributed by atoms with van der Waals surface area (Å²) >= 11 is 0. The number of benzene rings is 2. The monoisotopic (exact) mass is 270 g/mol. The lowest BCUT2D eigenvalue weighted by molar-refractivity contribution is -0.899. The quantitative estimate of drug-likeness (QED) is 0.902. The summed E-state index contributed by atoms with van der Waals surface area (Å²) in [6.07, 6.45) is 5.58. The van der Waals surface area contributed by atoms with E-state index in [9.17, 15) is 0 Å². The topological polar surface area (TPSA) is 13.7 Å². The Morgan fingerprint density at radius 1 is 0.850 bits per heavy atom. The Morgan fingerprint density at radius 2 is 1.60 bits per heavy atom. The van der Waals surface area contributed by atoms with Crippen LogP contribution >= 0.6 is 0 Å². The first-order valence-electron chi connectivity index (χ1n) is 7.87. The summed E-state index contributed by atoms with van der Waals surface area (Å²) in [6.45, 7) is 4.59. The van der Waals surface area contributed by atoms with Crippen LogP contribution in [-0.4, -0.2) is 26.2 Å². The second-order valence-corrected chi connectivity index (χ2v) is 5.74. The van der Waals surface area contributed by atoms with Crippen molar-refractivity contribution in [3.63, 3.8) is 0 Å². The number of fused-ring (bicyclic) bond motifs is 1. The van der Waals surface area contributed by atoms with E-state index in [-0.39, 0.29) is 0 Å². The van der Waals surface area contributed by atoms with Crippen LogP contribution in [0.4, 0.5) is 0 Å². The summed E-state index contributed by atoms with van der Waals surface area (Å²) in [7, 11) is 0. The van der Waals surface area contributed by atoms with Crippen LogP contribution < -0.4 is 9.64 Å². The molecule has 1 N–H and O–H groups in total. The Bertz CT molecular complexity index is 539. The Kier molecular flexibility index (Phi) is 4.54. The molecule has 1 fully saturated rings. The van der Waals surface area contributed by atoms with Crippen LogP contribution in [0.15, 0.2) is 42.5 Å². The fourth-order valence-corrected chi connectivity index (χ4v) is 3.11. The minimum Gasteiger partial charge on any atom is -0.487 e. The molecule has 2 nitrogen and oxygen atoms in total. The number of nitrogens with one attached hydrogen (secondary N) is 1. The van der Waals surface area contributed by atoms with E-state index < -0.39 is 0 Å². The number of hydrogen-bond acceptors (Lipinski definition) is 1. The molecule has 1 saturated heterocycles. The predicted octanol–water partition coefficient (Wildman–Crippen LogP) is 2.68. The van der Waals surface area contributed by atoms with Gasteiger partial charge in [0.25, 0.3) is 0 Å². The van der Waals surface area contributed by atoms with Gasteiger partial charge in [-0.15, -0.1) is 0 Å². The molecule has 20 heavy (non-hydrogen) atoms. The van der Waals surface area contributed by atoms with Crippen LogP contribution in [0.2, 0.25) is 0 Å². The molecule has 2 aromatic carbocycles. The molecule has 1 aliphatic rings. The normalized spacial score (nSPS) is 17.0. The molecule has 3 rings (SSSR count). The summed E-state index contributed by atoms with van der Waals surface area (Å²) in [4.78, 5) is 1.71. The molecule has 106 valence electrons. The third kappa shape index (κ3) is 3.31. The van der Waals surface area contributed by atoms with E-state index in [1.807, 2.05) is 0 Å². The zero-order valence-corrected chi connectivity index (χ0v) is 12.1. The van der Waals surface area contributed by atoms with E-state index in [1.165, 1.54) is 49.5 Å². The van der Waals surface area contributed by atoms with Crippen molar-refractivity contribution in [1.82, 2.24) is 0 Å². The van der Waals surface area contributed by atoms with E-state index >= 15 is 0 Å². The van der Waals surface area contributed by atoms with Gasteiger partial charge in [-0.3, -0.25) is 0 Å². The van der Waals surface area contributed by atoms with Gasteiger partial charge in [0.05, 0.1) is 13.1 Å². The molecule has 2 aromatic rings. The lowest BCUT2D eigenvalue weighted by atomic mass is 10.1. The Hall–Kier alpha value is -1.54. The molecule has 0 saturated carbocycles. The van der Waals surface area contributed by atoms with Gasteiger partial charge in [-0.25, -0.2) is 0 Å². The fourth-order valence-electron chi connectivity index (χ4n) is 3.11. The van der Waals surface area contributed by atoms with E-state index in [0.29, 0.717) is 0 Å². The van der Waals surface area contributed by atoms with Gasteiger partial charge in [-0.05, 0) is 37.1 Å². The molecular formula is C18H24NO+. The molecule has 0 aromatic heterocycles. The first-order chi connectivity index (χ1) is 9.93. The summed E-state index contributed by atoms with van der Waals surface area (Å²) in [5.41, 5.74) is 0. The third-order valence-electron chi connectivity index (χ3n) is 4.27. The van der Waals surface area contributed by atoms with Crippen LogP contribution in [0.1, 0.15) is 25.7 Å². The average molecular weight is 270 g/mol. The van der Waals surface area contributed by atoms with E-state index in [0.717, 1.165) is 18.9 Å². The Labute approximate surface area is 121 Å². The average Bonchev–Trinajstić information content (AvgIpc) is 2.76. The summed E-state index contributed by atoms with van der Waals surface area (Å²) in [6, 6.07) is 14.7. The minimum absolute atomic E-state index is 0.823. The van der Waals surface area contributed by atoms with Gasteiger partial charge < -0.3 is 9.64 Å². The van der Waals surface area contributed by atoms with Gasteiger partial charge in [-0.2, -0.15) is 0 Å². The highest BCUT2D eigenvalue weighted by Gasteiger charge is 2.12. The highest BCUT2D eigenvalue weighted by molar-refractivity contribution is 5.88. The molecule has 2 heteroatoms. The van der Waals surface area contributed by atoms with Crippen molar-refractivity contribution in [2.75, 3.05) is 26.2 Å². The van der Waals surface area contributed by atoms with Gasteiger partial charge >= 0.3 is 0 Å². The zero-order valence-electron chi connectivity index (χ0n) is 12.1. The van der Waals surface area contributed by atoms with Crippen LogP contribution in [0, 0.1) is 0 Å². The number of likely N-dealkylation sites (tertiary alicyclic amines) is 1. The van der Waals surface area contributed by atoms with Crippen molar-refractivity contribution >= 4 is 10.8 Å². The number of hydrogen-bond donors (Lipinski definition) is 1. The molecule has 0 aliphatic carbocycles. The molecular weight excluding hydrogens is 246 g/mol. The zero-order chi connectivity index (χ0) is 13.6. The number of rotatable bonds is 4. The maximum atomic E-state index is 6.04. The highest BCUT2D eigenvalue weighted by Crippen LogP contribution is 2.24. The number of quaternary nitrogens is 1. The first kappa shape index (κ1) is 13.4. The third-order valence-corrected chi connectivity index (χ3v) is 4.27. The molecule has 1 heterocycles. The molecule has 0 radical (unpaired) electrons. The van der Waals surface area contributed by atoms with E-state index in [4.69, 9.17) is 4.74 Å². The molecule has 0 bridgehead atoms. The highest BCUT2D eigenvalue weighted by atomic mass is 16.5. The molecule has 0 atom stereocenters. The van der Waals surface area contributed by atoms with E-state index in [2.05, 4.69) is 42.5 Å². The molecule has 0 spiro atoms. The van der Waals surface area contributed by atoms with Crippen LogP contribution in [-0.2, 0) is 0 Å². The van der Waals surface area contributed by atoms with Gasteiger partial charge in [0.15, 0.2) is 0 Å². The van der Waals surface area contributed by atoms with Gasteiger partial charge in [0.2, 0.25) is 0 Å². The minimum atomic E-state index is 0.823. The summed E-state index contributed by atoms with van der Waals surface area (Å²) in [5, 5.41) is 2.48. The van der Waals surface area contributed by atoms with Gasteiger partial charge in [0.1, 0.15) is 18.9 Å². The SMILES string of the molecule is c1ccc2c(OCC[NH+]3CCCCCC3)cccc2c1. The predicted molar refractivity (Wildman–Crippen MR) is 83.5 cm³/mol. The molecule has 0 unspecified atom stereocenters. The second kappa shape index (κ2) is 6.76. The second-order valence-electron chi connectivity index (χ2n) is 5.74. The number of ether oxygens (including phenoxy) is 1. The smallest absolute Gasteiger partial charge is 0.137 e. The van der Waals surface area contributed by atoms with Crippen molar-refractivity contribution in [1.29, 1.82) is 0 Å². The maximum absolute atomic E-state index is 6.04. The standard InChI is InChI=1S/C18H23NO/c1-2-6-13-19(12-5-1)14-15-20-18-11-7-9-16-8-3-4-10-17(16)18/h3-4,7-11H,1-2,5-6,12-15H2/p+1. The van der Waals surface area contributed by atoms with Crippen molar-refractivity contribution in [2.24, 2.45) is 0 Å². The van der Waals surface area contributed by atoms with E-state index in [1.54, 1.807) is 4.90 Å². The lowest BCUT2D eigenvalue weighted by Crippen LogP contribution is -3.12. The van der Waals surface area contributed by atoms with Crippen LogP contribution in [0.3, 0.4) is 0 Å². The summed E-state index contributed by atoms with van der Waals surface area (Å²) in [5.74, 6) is 1.03. The van der Waals surface area contributed by atoms with Crippen LogP contribution in [0.25, 0.3) is 10.8 Å². The molecule has 1 aliphatic heterocycles. The van der Waals surface area contributed by atoms with Crippen LogP contribution in [0.5, 0.6) is 5.75 Å². The lowest BCUT2D eigenvalue weighted by Gasteiger charge is -2.17. The van der Waals surface area contributed by atoms with Gasteiger partial charge in [-0.1, -0.05) is 36.4 Å². The summed E-state index contributed by atoms with van der Waals surface area (Å²) < 4.78 is 6.04. The Balaban J connectivity index is 1.59. The van der Waals surface area contributed by atoms with Crippen molar-refractivity contribution in [3.8, 4) is 5.75 Å². The Morgan fingerprint density at radius 3 is 2.45 bits per heavy atom. The molecule has 0 amide bonds. The fraction of sp³-hybridized carbons (Fsp3) is 0.444. The maximum Gasteiger partial charge on any atom is 0.137 e. The van der Waals surface area contributed by atoms with Crippen molar-refractivity contribution < 1.29 is 9.64 Å². The van der Waals surface area contributed by atoms with Crippen molar-refractivity contribution in [3.05, 3.63) is 42.5 Å². The first-order valence-corrected chi connectivity index (χ1v) is 7.87. The van der Waals surface area contributed by atoms with Gasteiger partial charge in [0, 0.05) is 5.39 Å². The van der Waals surface area contributed by atoms with Crippen molar-refractivity contribution in [2.45, 2.75) is 25.7 Å².